The zero-order chi connectivity index (χ0) is 19.3. The Kier molecular flexibility index (Phi) is 12.4. The number of hydrogen-bond donors (Lipinski definition) is 0. The van der Waals surface area contributed by atoms with Crippen LogP contribution in [0.2, 0.25) is 0 Å². The molecule has 4 rings (SSSR count). The van der Waals surface area contributed by atoms with E-state index >= 15 is 0 Å². The van der Waals surface area contributed by atoms with E-state index in [9.17, 15) is 0 Å². The van der Waals surface area contributed by atoms with Gasteiger partial charge in [0.1, 0.15) is 0 Å². The van der Waals surface area contributed by atoms with E-state index in [-0.39, 0.29) is 24.8 Å². The number of rotatable bonds is 0. The van der Waals surface area contributed by atoms with Crippen molar-refractivity contribution in [1.29, 1.82) is 0 Å². The zero-order valence-electron chi connectivity index (χ0n) is 17.7. The standard InChI is InChI=1S/C17H17.C5H5.C3H6.2ClH.Zr/c1-10-5-14-9-15-6-11(2)13(4)8-17(15)16(14)7-12(10)3;1-2-4-5-3-1;1-3-2;;;/h5,7-8H,9H2,1-4H3;1-3H,4H2;1-2H3;2*1H;/q2*-1;;;;+2. The first kappa shape index (κ1) is 27.3. The van der Waals surface area contributed by atoms with Crippen LogP contribution in [0.25, 0.3) is 11.1 Å². The molecule has 148 valence electrons. The summed E-state index contributed by atoms with van der Waals surface area (Å²) in [6.45, 7) is 13.0. The van der Waals surface area contributed by atoms with Crippen LogP contribution in [-0.4, -0.2) is 3.21 Å². The van der Waals surface area contributed by atoms with Gasteiger partial charge in [-0.15, -0.1) is 42.4 Å². The zero-order valence-corrected chi connectivity index (χ0v) is 21.8. The molecule has 0 nitrogen and oxygen atoms in total. The van der Waals surface area contributed by atoms with Crippen molar-refractivity contribution in [1.82, 2.24) is 0 Å². The molecule has 2 aromatic rings. The molecule has 0 bridgehead atoms. The van der Waals surface area contributed by atoms with Gasteiger partial charge in [-0.1, -0.05) is 31.5 Å². The number of halogens is 2. The van der Waals surface area contributed by atoms with Gasteiger partial charge in [-0.3, -0.25) is 6.08 Å². The summed E-state index contributed by atoms with van der Waals surface area (Å²) >= 11 is 1.55. The van der Waals surface area contributed by atoms with Crippen molar-refractivity contribution in [2.75, 3.05) is 0 Å². The molecule has 0 aliphatic heterocycles. The van der Waals surface area contributed by atoms with Crippen LogP contribution in [0.1, 0.15) is 53.6 Å². The molecule has 0 saturated heterocycles. The van der Waals surface area contributed by atoms with Gasteiger partial charge in [-0.05, 0) is 37.0 Å². The maximum Gasteiger partial charge on any atom is -0.0253 e. The van der Waals surface area contributed by atoms with Crippen LogP contribution in [0.5, 0.6) is 0 Å². The second-order valence-corrected chi connectivity index (χ2v) is 9.70. The molecule has 2 aliphatic rings. The molecule has 0 spiro atoms. The van der Waals surface area contributed by atoms with E-state index < -0.39 is 0 Å². The third-order valence-electron chi connectivity index (χ3n) is 4.58. The van der Waals surface area contributed by atoms with Gasteiger partial charge in [0.05, 0.1) is 0 Å². The topological polar surface area (TPSA) is 0 Å². The van der Waals surface area contributed by atoms with Crippen LogP contribution in [0, 0.1) is 39.8 Å². The van der Waals surface area contributed by atoms with Gasteiger partial charge in [0, 0.05) is 0 Å². The predicted molar refractivity (Wildman–Crippen MR) is 125 cm³/mol. The smallest absolute Gasteiger partial charge is 0.0253 e. The summed E-state index contributed by atoms with van der Waals surface area (Å²) in [5.41, 5.74) is 11.0. The molecular weight excluding hydrogens is 462 g/mol. The second-order valence-electron chi connectivity index (χ2n) is 7.24. The van der Waals surface area contributed by atoms with E-state index in [1.165, 1.54) is 47.7 Å². The van der Waals surface area contributed by atoms with Crippen molar-refractivity contribution in [3.8, 4) is 11.1 Å². The van der Waals surface area contributed by atoms with Crippen molar-refractivity contribution < 1.29 is 24.2 Å². The third-order valence-corrected chi connectivity index (χ3v) is 4.58. The number of aryl methyl sites for hydroxylation is 4. The fourth-order valence-electron chi connectivity index (χ4n) is 2.99. The maximum atomic E-state index is 3.54. The van der Waals surface area contributed by atoms with Crippen molar-refractivity contribution in [2.24, 2.45) is 0 Å². The maximum absolute atomic E-state index is 3.54. The Morgan fingerprint density at radius 1 is 0.893 bits per heavy atom. The minimum atomic E-state index is 0. The minimum Gasteiger partial charge on any atom is -0.273 e. The van der Waals surface area contributed by atoms with Crippen molar-refractivity contribution in [2.45, 2.75) is 54.4 Å². The summed E-state index contributed by atoms with van der Waals surface area (Å²) in [4.78, 5) is 0. The Balaban J connectivity index is 0.000000559. The molecule has 0 unspecified atom stereocenters. The van der Waals surface area contributed by atoms with Gasteiger partial charge in [0.2, 0.25) is 0 Å². The van der Waals surface area contributed by atoms with Crippen LogP contribution in [0.3, 0.4) is 0 Å². The second kappa shape index (κ2) is 12.7. The van der Waals surface area contributed by atoms with E-state index in [1.54, 1.807) is 24.2 Å². The molecule has 0 atom stereocenters. The summed E-state index contributed by atoms with van der Waals surface area (Å²) in [5.74, 6) is 0. The van der Waals surface area contributed by atoms with Gasteiger partial charge in [0.25, 0.3) is 0 Å². The SMILES string of the molecule is C[C](C)=[Zr+2].Cc1[c-]c2c(cc1C)-c1cc(C)c(C)cc1C2.Cl.Cl.[C-]1=CC=CC1. The molecule has 0 aromatic heterocycles. The Hall–Kier alpha value is -0.747. The van der Waals surface area contributed by atoms with Crippen molar-refractivity contribution in [3.05, 3.63) is 82.0 Å². The molecule has 0 amide bonds. The van der Waals surface area contributed by atoms with E-state index in [1.807, 2.05) is 12.2 Å². The first-order valence-corrected chi connectivity index (χ1v) is 10.4. The van der Waals surface area contributed by atoms with E-state index in [0.717, 1.165) is 12.8 Å². The molecular formula is C25H30Cl2Zr. The summed E-state index contributed by atoms with van der Waals surface area (Å²) in [5, 5.41) is 0. The van der Waals surface area contributed by atoms with E-state index in [4.69, 9.17) is 0 Å². The molecule has 0 heterocycles. The monoisotopic (exact) mass is 490 g/mol. The molecule has 0 radical (unpaired) electrons. The molecule has 2 aromatic carbocycles. The number of fused-ring (bicyclic) bond motifs is 3. The quantitative estimate of drug-likeness (QED) is 0.292. The van der Waals surface area contributed by atoms with Gasteiger partial charge in [-0.25, -0.2) is 12.2 Å². The van der Waals surface area contributed by atoms with Crippen molar-refractivity contribution >= 4 is 28.0 Å². The number of hydrogen-bond acceptors (Lipinski definition) is 0. The van der Waals surface area contributed by atoms with Crippen LogP contribution < -0.4 is 0 Å². The van der Waals surface area contributed by atoms with E-state index in [2.05, 4.69) is 78.0 Å². The minimum absolute atomic E-state index is 0. The average molecular weight is 493 g/mol. The van der Waals surface area contributed by atoms with E-state index in [0.29, 0.717) is 0 Å². The van der Waals surface area contributed by atoms with Gasteiger partial charge in [-0.2, -0.15) is 29.3 Å². The number of allylic oxidation sites excluding steroid dienone is 4. The summed E-state index contributed by atoms with van der Waals surface area (Å²) in [6, 6.07) is 10.5. The molecule has 0 fully saturated rings. The van der Waals surface area contributed by atoms with Crippen LogP contribution >= 0.6 is 24.8 Å². The predicted octanol–water partition coefficient (Wildman–Crippen LogP) is 7.19. The van der Waals surface area contributed by atoms with Gasteiger partial charge >= 0.3 is 41.3 Å². The van der Waals surface area contributed by atoms with Crippen LogP contribution in [0.4, 0.5) is 0 Å². The fourth-order valence-corrected chi connectivity index (χ4v) is 2.99. The Bertz CT molecular complexity index is 807. The fraction of sp³-hybridized carbons (Fsp3) is 0.320. The number of benzene rings is 2. The molecule has 0 N–H and O–H groups in total. The summed E-state index contributed by atoms with van der Waals surface area (Å²) in [7, 11) is 0. The first-order valence-electron chi connectivity index (χ1n) is 9.16. The molecule has 0 saturated carbocycles. The molecule has 2 aliphatic carbocycles. The van der Waals surface area contributed by atoms with Crippen LogP contribution in [0.15, 0.2) is 36.4 Å². The van der Waals surface area contributed by atoms with Gasteiger partial charge < -0.3 is 0 Å². The average Bonchev–Trinajstić information content (AvgIpc) is 3.21. The normalized spacial score (nSPS) is 11.7. The summed E-state index contributed by atoms with van der Waals surface area (Å²) < 4.78 is 1.51. The molecule has 3 heteroatoms. The third kappa shape index (κ3) is 7.59. The Labute approximate surface area is 198 Å². The molecule has 28 heavy (non-hydrogen) atoms. The van der Waals surface area contributed by atoms with Gasteiger partial charge in [0.15, 0.2) is 0 Å². The largest absolute Gasteiger partial charge is 0.273 e. The first-order chi connectivity index (χ1) is 12.3. The van der Waals surface area contributed by atoms with Crippen molar-refractivity contribution in [3.63, 3.8) is 0 Å². The Morgan fingerprint density at radius 3 is 1.96 bits per heavy atom. The Morgan fingerprint density at radius 2 is 1.46 bits per heavy atom. The summed E-state index contributed by atoms with van der Waals surface area (Å²) in [6.07, 6.45) is 11.0. The van der Waals surface area contributed by atoms with Crippen LogP contribution in [-0.2, 0) is 30.7 Å².